The third kappa shape index (κ3) is 3.75. The third-order valence-corrected chi connectivity index (χ3v) is 3.69. The lowest BCUT2D eigenvalue weighted by Gasteiger charge is -2.25. The smallest absolute Gasteiger partial charge is 0.173 e. The summed E-state index contributed by atoms with van der Waals surface area (Å²) in [6.45, 7) is 0.577. The average molecular weight is 326 g/mol. The van der Waals surface area contributed by atoms with Crippen molar-refractivity contribution >= 4 is 5.82 Å². The first kappa shape index (κ1) is 16.1. The minimum atomic E-state index is -0.236. The van der Waals surface area contributed by atoms with Crippen LogP contribution in [0, 0.1) is 5.82 Å². The van der Waals surface area contributed by atoms with Gasteiger partial charge in [-0.2, -0.15) is 5.10 Å². The Labute approximate surface area is 140 Å². The van der Waals surface area contributed by atoms with Gasteiger partial charge in [0.15, 0.2) is 5.82 Å². The van der Waals surface area contributed by atoms with E-state index < -0.39 is 0 Å². The van der Waals surface area contributed by atoms with E-state index in [1.54, 1.807) is 35.4 Å². The molecular weight excluding hydrogens is 307 g/mol. The zero-order valence-corrected chi connectivity index (χ0v) is 13.6. The summed E-state index contributed by atoms with van der Waals surface area (Å²) >= 11 is 0. The van der Waals surface area contributed by atoms with Gasteiger partial charge in [-0.15, -0.1) is 0 Å². The highest BCUT2D eigenvalue weighted by molar-refractivity contribution is 5.36. The van der Waals surface area contributed by atoms with Crippen LogP contribution in [0.2, 0.25) is 0 Å². The van der Waals surface area contributed by atoms with Crippen LogP contribution < -0.4 is 5.32 Å². The molecule has 0 amide bonds. The lowest BCUT2D eigenvalue weighted by atomic mass is 10.1. The Morgan fingerprint density at radius 3 is 2.83 bits per heavy atom. The van der Waals surface area contributed by atoms with Gasteiger partial charge in [0.2, 0.25) is 0 Å². The Morgan fingerprint density at radius 1 is 1.25 bits per heavy atom. The summed E-state index contributed by atoms with van der Waals surface area (Å²) in [6.07, 6.45) is 6.80. The highest BCUT2D eigenvalue weighted by Crippen LogP contribution is 2.19. The molecule has 1 N–H and O–H groups in total. The molecule has 0 radical (unpaired) electrons. The van der Waals surface area contributed by atoms with E-state index in [0.29, 0.717) is 18.2 Å². The maximum absolute atomic E-state index is 13.5. The van der Waals surface area contributed by atoms with E-state index in [4.69, 9.17) is 0 Å². The fraction of sp³-hybridized carbons (Fsp3) is 0.235. The van der Waals surface area contributed by atoms with Crippen molar-refractivity contribution in [1.29, 1.82) is 0 Å². The van der Waals surface area contributed by atoms with Gasteiger partial charge >= 0.3 is 0 Å². The topological polar surface area (TPSA) is 58.9 Å². The lowest BCUT2D eigenvalue weighted by Crippen LogP contribution is -2.27. The normalized spacial score (nSPS) is 12.3. The molecule has 2 heterocycles. The van der Waals surface area contributed by atoms with Gasteiger partial charge in [-0.25, -0.2) is 14.1 Å². The van der Waals surface area contributed by atoms with Crippen molar-refractivity contribution in [3.63, 3.8) is 0 Å². The summed E-state index contributed by atoms with van der Waals surface area (Å²) < 4.78 is 15.1. The Hall–Kier alpha value is -2.80. The van der Waals surface area contributed by atoms with E-state index in [-0.39, 0.29) is 11.9 Å². The molecule has 0 aliphatic rings. The molecule has 0 aliphatic heterocycles. The van der Waals surface area contributed by atoms with Crippen molar-refractivity contribution in [2.45, 2.75) is 6.04 Å². The van der Waals surface area contributed by atoms with Gasteiger partial charge in [-0.3, -0.25) is 4.98 Å². The third-order valence-electron chi connectivity index (χ3n) is 3.69. The molecule has 0 unspecified atom stereocenters. The van der Waals surface area contributed by atoms with Gasteiger partial charge in [0, 0.05) is 18.9 Å². The number of likely N-dealkylation sites (N-methyl/N-ethyl adjacent to an activating group) is 1. The van der Waals surface area contributed by atoms with Crippen LogP contribution >= 0.6 is 0 Å². The summed E-state index contributed by atoms with van der Waals surface area (Å²) in [5.74, 6) is 1.04. The molecule has 24 heavy (non-hydrogen) atoms. The van der Waals surface area contributed by atoms with Gasteiger partial charge in [-0.1, -0.05) is 12.1 Å². The molecule has 0 fully saturated rings. The lowest BCUT2D eigenvalue weighted by molar-refractivity contribution is 0.311. The Bertz CT molecular complexity index is 787. The molecular formula is C17H19FN6. The van der Waals surface area contributed by atoms with E-state index >= 15 is 0 Å². The number of rotatable bonds is 6. The van der Waals surface area contributed by atoms with Crippen LogP contribution in [0.3, 0.4) is 0 Å². The molecule has 1 aromatic carbocycles. The van der Waals surface area contributed by atoms with Crippen LogP contribution in [-0.4, -0.2) is 45.3 Å². The van der Waals surface area contributed by atoms with Gasteiger partial charge < -0.3 is 10.2 Å². The predicted octanol–water partition coefficient (Wildman–Crippen LogP) is 2.52. The predicted molar refractivity (Wildman–Crippen MR) is 90.5 cm³/mol. The largest absolute Gasteiger partial charge is 0.367 e. The first-order chi connectivity index (χ1) is 11.6. The van der Waals surface area contributed by atoms with Crippen molar-refractivity contribution in [3.05, 3.63) is 66.5 Å². The van der Waals surface area contributed by atoms with E-state index in [0.717, 1.165) is 5.56 Å². The van der Waals surface area contributed by atoms with E-state index in [1.807, 2.05) is 37.3 Å². The molecule has 0 bridgehead atoms. The Morgan fingerprint density at radius 2 is 2.12 bits per heavy atom. The van der Waals surface area contributed by atoms with E-state index in [2.05, 4.69) is 20.4 Å². The Kier molecular flexibility index (Phi) is 4.81. The zero-order valence-electron chi connectivity index (χ0n) is 13.6. The quantitative estimate of drug-likeness (QED) is 0.754. The summed E-state index contributed by atoms with van der Waals surface area (Å²) in [5.41, 5.74) is 0.906. The van der Waals surface area contributed by atoms with Crippen molar-refractivity contribution in [2.75, 3.05) is 26.0 Å². The average Bonchev–Trinajstić information content (AvgIpc) is 3.10. The second kappa shape index (κ2) is 7.18. The van der Waals surface area contributed by atoms with E-state index in [9.17, 15) is 4.39 Å². The number of nitrogens with one attached hydrogen (secondary N) is 1. The monoisotopic (exact) mass is 326 g/mol. The highest BCUT2D eigenvalue weighted by Gasteiger charge is 2.15. The molecule has 0 saturated heterocycles. The van der Waals surface area contributed by atoms with Crippen LogP contribution in [0.25, 0.3) is 5.82 Å². The van der Waals surface area contributed by atoms with Crippen molar-refractivity contribution in [3.8, 4) is 5.82 Å². The van der Waals surface area contributed by atoms with Gasteiger partial charge in [0.05, 0.1) is 18.4 Å². The molecule has 3 rings (SSSR count). The molecule has 124 valence electrons. The summed E-state index contributed by atoms with van der Waals surface area (Å²) in [4.78, 5) is 10.7. The molecule has 6 nitrogen and oxygen atoms in total. The molecule has 0 aliphatic carbocycles. The first-order valence-electron chi connectivity index (χ1n) is 7.61. The summed E-state index contributed by atoms with van der Waals surface area (Å²) in [5, 5.41) is 7.41. The molecule has 1 atom stereocenters. The summed E-state index contributed by atoms with van der Waals surface area (Å²) in [7, 11) is 3.92. The van der Waals surface area contributed by atoms with Crippen LogP contribution in [-0.2, 0) is 0 Å². The number of hydrogen-bond donors (Lipinski definition) is 1. The highest BCUT2D eigenvalue weighted by atomic mass is 19.1. The standard InChI is InChI=1S/C17H19FN6/c1-23(2)15(13-5-3-6-14(18)9-13)10-20-16-11-19-12-17(22-16)24-8-4-7-21-24/h3-9,11-12,15H,10H2,1-2H3,(H,20,22)/t15-/m0/s1. The van der Waals surface area contributed by atoms with Crippen LogP contribution in [0.5, 0.6) is 0 Å². The van der Waals surface area contributed by atoms with Gasteiger partial charge in [0.25, 0.3) is 0 Å². The molecule has 0 saturated carbocycles. The maximum atomic E-state index is 13.5. The minimum absolute atomic E-state index is 0.0101. The number of anilines is 1. The second-order valence-electron chi connectivity index (χ2n) is 5.63. The number of aromatic nitrogens is 4. The SMILES string of the molecule is CN(C)[C@@H](CNc1cncc(-n2cccn2)n1)c1cccc(F)c1. The number of hydrogen-bond acceptors (Lipinski definition) is 5. The molecule has 0 spiro atoms. The Balaban J connectivity index is 1.74. The zero-order chi connectivity index (χ0) is 16.9. The van der Waals surface area contributed by atoms with Crippen LogP contribution in [0.1, 0.15) is 11.6 Å². The van der Waals surface area contributed by atoms with Crippen LogP contribution in [0.15, 0.2) is 55.1 Å². The summed E-state index contributed by atoms with van der Waals surface area (Å²) in [6, 6.07) is 8.48. The fourth-order valence-corrected chi connectivity index (χ4v) is 2.47. The van der Waals surface area contributed by atoms with Crippen molar-refractivity contribution < 1.29 is 4.39 Å². The van der Waals surface area contributed by atoms with Gasteiger partial charge in [0.1, 0.15) is 11.6 Å². The number of halogens is 1. The van der Waals surface area contributed by atoms with E-state index in [1.165, 1.54) is 6.07 Å². The fourth-order valence-electron chi connectivity index (χ4n) is 2.47. The maximum Gasteiger partial charge on any atom is 0.173 e. The second-order valence-corrected chi connectivity index (χ2v) is 5.63. The van der Waals surface area contributed by atoms with Gasteiger partial charge in [-0.05, 0) is 37.9 Å². The van der Waals surface area contributed by atoms with Crippen molar-refractivity contribution in [2.24, 2.45) is 0 Å². The molecule has 3 aromatic rings. The molecule has 2 aromatic heterocycles. The molecule has 7 heteroatoms. The first-order valence-corrected chi connectivity index (χ1v) is 7.61. The minimum Gasteiger partial charge on any atom is -0.367 e. The number of nitrogens with zero attached hydrogens (tertiary/aromatic N) is 5. The van der Waals surface area contributed by atoms with Crippen LogP contribution in [0.4, 0.5) is 10.2 Å². The number of benzene rings is 1. The van der Waals surface area contributed by atoms with Crippen molar-refractivity contribution in [1.82, 2.24) is 24.6 Å².